The van der Waals surface area contributed by atoms with Crippen LogP contribution in [-0.4, -0.2) is 15.6 Å². The first kappa shape index (κ1) is 12.5. The van der Waals surface area contributed by atoms with Crippen molar-refractivity contribution in [2.75, 3.05) is 0 Å². The van der Waals surface area contributed by atoms with Gasteiger partial charge in [0.25, 0.3) is 5.56 Å². The van der Waals surface area contributed by atoms with E-state index in [2.05, 4.69) is 6.92 Å². The van der Waals surface area contributed by atoms with Crippen LogP contribution < -0.4 is 5.56 Å². The number of aromatic nitrogens is 1. The van der Waals surface area contributed by atoms with Crippen LogP contribution in [0.15, 0.2) is 23.1 Å². The van der Waals surface area contributed by atoms with Gasteiger partial charge in [-0.3, -0.25) is 4.79 Å². The Balaban J connectivity index is 2.97. The molecule has 1 rings (SSSR count). The Bertz CT molecular complexity index is 423. The summed E-state index contributed by atoms with van der Waals surface area (Å²) in [6.45, 7) is 4.02. The maximum absolute atomic E-state index is 11.6. The number of carbonyl (C=O) groups is 1. The van der Waals surface area contributed by atoms with Crippen LogP contribution in [0.1, 0.15) is 49.5 Å². The average Bonchev–Trinajstić information content (AvgIpc) is 2.26. The Morgan fingerprint density at radius 1 is 1.50 bits per heavy atom. The summed E-state index contributed by atoms with van der Waals surface area (Å²) in [4.78, 5) is 22.4. The summed E-state index contributed by atoms with van der Waals surface area (Å²) in [6, 6.07) is 2.70. The summed E-state index contributed by atoms with van der Waals surface area (Å²) in [7, 11) is 0. The molecule has 0 aliphatic carbocycles. The number of carboxylic acids is 1. The average molecular weight is 223 g/mol. The third-order valence-electron chi connectivity index (χ3n) is 2.64. The molecule has 0 bridgehead atoms. The van der Waals surface area contributed by atoms with Gasteiger partial charge in [-0.05, 0) is 19.4 Å². The first-order valence-electron chi connectivity index (χ1n) is 5.51. The van der Waals surface area contributed by atoms with Crippen LogP contribution in [0.4, 0.5) is 0 Å². The van der Waals surface area contributed by atoms with E-state index in [4.69, 9.17) is 5.11 Å². The predicted molar refractivity (Wildman–Crippen MR) is 61.9 cm³/mol. The van der Waals surface area contributed by atoms with Gasteiger partial charge in [0.1, 0.15) is 0 Å². The second-order valence-electron chi connectivity index (χ2n) is 3.96. The molecule has 0 fully saturated rings. The standard InChI is InChI=1S/C12H17NO3/c1-3-4-5-9(2)13-8-10(12(15)16)6-7-11(13)14/h6-9H,3-5H2,1-2H3,(H,15,16). The summed E-state index contributed by atoms with van der Waals surface area (Å²) in [5.74, 6) is -1.00. The highest BCUT2D eigenvalue weighted by molar-refractivity contribution is 5.87. The monoisotopic (exact) mass is 223 g/mol. The van der Waals surface area contributed by atoms with E-state index < -0.39 is 5.97 Å². The Labute approximate surface area is 94.5 Å². The minimum atomic E-state index is -1.00. The first-order valence-corrected chi connectivity index (χ1v) is 5.51. The zero-order valence-corrected chi connectivity index (χ0v) is 9.64. The van der Waals surface area contributed by atoms with E-state index in [9.17, 15) is 9.59 Å². The molecule has 88 valence electrons. The Hall–Kier alpha value is -1.58. The highest BCUT2D eigenvalue weighted by atomic mass is 16.4. The first-order chi connectivity index (χ1) is 7.56. The second kappa shape index (κ2) is 5.49. The zero-order chi connectivity index (χ0) is 12.1. The van der Waals surface area contributed by atoms with E-state index in [0.29, 0.717) is 0 Å². The van der Waals surface area contributed by atoms with Crippen molar-refractivity contribution in [1.82, 2.24) is 4.57 Å². The molecular weight excluding hydrogens is 206 g/mol. The number of hydrogen-bond acceptors (Lipinski definition) is 2. The fraction of sp³-hybridized carbons (Fsp3) is 0.500. The van der Waals surface area contributed by atoms with Gasteiger partial charge in [-0.25, -0.2) is 4.79 Å². The van der Waals surface area contributed by atoms with Gasteiger partial charge in [0, 0.05) is 18.3 Å². The largest absolute Gasteiger partial charge is 0.478 e. The van der Waals surface area contributed by atoms with Crippen LogP contribution in [0.2, 0.25) is 0 Å². The third kappa shape index (κ3) is 2.95. The van der Waals surface area contributed by atoms with Crippen molar-refractivity contribution >= 4 is 5.97 Å². The summed E-state index contributed by atoms with van der Waals surface area (Å²) < 4.78 is 1.50. The van der Waals surface area contributed by atoms with Gasteiger partial charge in [-0.1, -0.05) is 19.8 Å². The Morgan fingerprint density at radius 2 is 2.19 bits per heavy atom. The molecule has 0 spiro atoms. The molecule has 16 heavy (non-hydrogen) atoms. The Morgan fingerprint density at radius 3 is 2.75 bits per heavy atom. The van der Waals surface area contributed by atoms with Crippen LogP contribution in [0.3, 0.4) is 0 Å². The minimum absolute atomic E-state index is 0.0479. The zero-order valence-electron chi connectivity index (χ0n) is 9.64. The molecule has 4 nitrogen and oxygen atoms in total. The highest BCUT2D eigenvalue weighted by Gasteiger charge is 2.09. The van der Waals surface area contributed by atoms with Crippen molar-refractivity contribution in [3.8, 4) is 0 Å². The lowest BCUT2D eigenvalue weighted by molar-refractivity contribution is 0.0695. The van der Waals surface area contributed by atoms with Crippen molar-refractivity contribution in [3.63, 3.8) is 0 Å². The molecule has 1 aromatic rings. The lowest BCUT2D eigenvalue weighted by Crippen LogP contribution is -2.23. The summed E-state index contributed by atoms with van der Waals surface area (Å²) in [6.07, 6.45) is 4.41. The molecule has 0 aliphatic heterocycles. The summed E-state index contributed by atoms with van der Waals surface area (Å²) >= 11 is 0. The maximum Gasteiger partial charge on any atom is 0.337 e. The molecular formula is C12H17NO3. The number of hydrogen-bond donors (Lipinski definition) is 1. The van der Waals surface area contributed by atoms with Crippen molar-refractivity contribution in [2.45, 2.75) is 39.2 Å². The highest BCUT2D eigenvalue weighted by Crippen LogP contribution is 2.12. The molecule has 1 atom stereocenters. The van der Waals surface area contributed by atoms with Crippen molar-refractivity contribution in [2.24, 2.45) is 0 Å². The van der Waals surface area contributed by atoms with Crippen molar-refractivity contribution in [3.05, 3.63) is 34.2 Å². The number of carboxylic acid groups (broad SMARTS) is 1. The van der Waals surface area contributed by atoms with Crippen LogP contribution in [-0.2, 0) is 0 Å². The molecule has 1 aromatic heterocycles. The number of aromatic carboxylic acids is 1. The minimum Gasteiger partial charge on any atom is -0.478 e. The van der Waals surface area contributed by atoms with Gasteiger partial charge in [0.05, 0.1) is 5.56 Å². The molecule has 0 saturated carbocycles. The van der Waals surface area contributed by atoms with Gasteiger partial charge < -0.3 is 9.67 Å². The van der Waals surface area contributed by atoms with Gasteiger partial charge in [0.2, 0.25) is 0 Å². The molecule has 1 heterocycles. The fourth-order valence-electron chi connectivity index (χ4n) is 1.61. The van der Waals surface area contributed by atoms with E-state index in [-0.39, 0.29) is 17.2 Å². The van der Waals surface area contributed by atoms with Crippen molar-refractivity contribution in [1.29, 1.82) is 0 Å². The SMILES string of the molecule is CCCCC(C)n1cc(C(=O)O)ccc1=O. The molecule has 0 saturated heterocycles. The number of nitrogens with zero attached hydrogens (tertiary/aromatic N) is 1. The summed E-state index contributed by atoms with van der Waals surface area (Å²) in [5.41, 5.74) is 0.0107. The van der Waals surface area contributed by atoms with E-state index in [1.165, 1.54) is 22.9 Å². The molecule has 1 N–H and O–H groups in total. The molecule has 0 amide bonds. The van der Waals surface area contributed by atoms with E-state index in [0.717, 1.165) is 19.3 Å². The normalized spacial score (nSPS) is 12.4. The van der Waals surface area contributed by atoms with Gasteiger partial charge in [-0.15, -0.1) is 0 Å². The van der Waals surface area contributed by atoms with Gasteiger partial charge in [0.15, 0.2) is 0 Å². The predicted octanol–water partition coefficient (Wildman–Crippen LogP) is 2.30. The topological polar surface area (TPSA) is 59.3 Å². The van der Waals surface area contributed by atoms with Crippen LogP contribution in [0.5, 0.6) is 0 Å². The number of unbranched alkanes of at least 4 members (excludes halogenated alkanes) is 1. The number of rotatable bonds is 5. The van der Waals surface area contributed by atoms with Crippen LogP contribution in [0, 0.1) is 0 Å². The molecule has 0 aromatic carbocycles. The number of pyridine rings is 1. The van der Waals surface area contributed by atoms with Crippen LogP contribution >= 0.6 is 0 Å². The van der Waals surface area contributed by atoms with E-state index >= 15 is 0 Å². The van der Waals surface area contributed by atoms with E-state index in [1.54, 1.807) is 0 Å². The molecule has 0 radical (unpaired) electrons. The lowest BCUT2D eigenvalue weighted by Gasteiger charge is -2.14. The molecule has 4 heteroatoms. The molecule has 0 aliphatic rings. The van der Waals surface area contributed by atoms with E-state index in [1.807, 2.05) is 6.92 Å². The van der Waals surface area contributed by atoms with Crippen LogP contribution in [0.25, 0.3) is 0 Å². The molecule has 1 unspecified atom stereocenters. The van der Waals surface area contributed by atoms with Gasteiger partial charge >= 0.3 is 5.97 Å². The maximum atomic E-state index is 11.6. The van der Waals surface area contributed by atoms with Gasteiger partial charge in [-0.2, -0.15) is 0 Å². The smallest absolute Gasteiger partial charge is 0.337 e. The lowest BCUT2D eigenvalue weighted by atomic mass is 10.1. The Kier molecular flexibility index (Phi) is 4.28. The quantitative estimate of drug-likeness (QED) is 0.833. The van der Waals surface area contributed by atoms with Crippen molar-refractivity contribution < 1.29 is 9.90 Å². The second-order valence-corrected chi connectivity index (χ2v) is 3.96. The summed E-state index contributed by atoms with van der Waals surface area (Å²) in [5, 5.41) is 8.84. The third-order valence-corrected chi connectivity index (χ3v) is 2.64. The fourth-order valence-corrected chi connectivity index (χ4v) is 1.61.